The van der Waals surface area contributed by atoms with Crippen molar-refractivity contribution in [1.82, 2.24) is 4.90 Å². The van der Waals surface area contributed by atoms with E-state index in [0.29, 0.717) is 5.84 Å². The number of allylic oxidation sites excluding steroid dienone is 2. The normalized spacial score (nSPS) is 22.2. The van der Waals surface area contributed by atoms with Crippen LogP contribution in [0.5, 0.6) is 5.75 Å². The topological polar surface area (TPSA) is 68.2 Å². The largest absolute Gasteiger partial charge is 0.490 e. The SMILES string of the molecule is O=S1(=O)C=CN2C=CC=C(c3ccc(OC4CCOCC4)cc3)C2=N1. The summed E-state index contributed by atoms with van der Waals surface area (Å²) in [4.78, 5) is 1.70. The third kappa shape index (κ3) is 3.52. The van der Waals surface area contributed by atoms with Gasteiger partial charge in [0.15, 0.2) is 5.84 Å². The summed E-state index contributed by atoms with van der Waals surface area (Å²) in [5.74, 6) is 1.21. The molecule has 0 atom stereocenters. The molecule has 0 bridgehead atoms. The number of amidine groups is 1. The summed E-state index contributed by atoms with van der Waals surface area (Å²) in [6.07, 6.45) is 8.98. The molecule has 1 fully saturated rings. The van der Waals surface area contributed by atoms with Crippen molar-refractivity contribution in [1.29, 1.82) is 0 Å². The second kappa shape index (κ2) is 6.50. The van der Waals surface area contributed by atoms with Crippen LogP contribution in [0.15, 0.2) is 58.6 Å². The van der Waals surface area contributed by atoms with Crippen molar-refractivity contribution in [2.45, 2.75) is 18.9 Å². The summed E-state index contributed by atoms with van der Waals surface area (Å²) in [5, 5.41) is 1.09. The summed E-state index contributed by atoms with van der Waals surface area (Å²) < 4.78 is 38.7. The van der Waals surface area contributed by atoms with Crippen LogP contribution in [0.4, 0.5) is 0 Å². The highest BCUT2D eigenvalue weighted by Crippen LogP contribution is 2.28. The van der Waals surface area contributed by atoms with Gasteiger partial charge in [0.1, 0.15) is 11.9 Å². The van der Waals surface area contributed by atoms with Crippen molar-refractivity contribution in [2.75, 3.05) is 13.2 Å². The van der Waals surface area contributed by atoms with Gasteiger partial charge in [-0.15, -0.1) is 4.40 Å². The maximum Gasteiger partial charge on any atom is 0.278 e. The highest BCUT2D eigenvalue weighted by molar-refractivity contribution is 7.93. The lowest BCUT2D eigenvalue weighted by molar-refractivity contribution is 0.0256. The van der Waals surface area contributed by atoms with Gasteiger partial charge < -0.3 is 14.4 Å². The fraction of sp³-hybridized carbons (Fsp3) is 0.278. The summed E-state index contributed by atoms with van der Waals surface area (Å²) in [5.41, 5.74) is 1.64. The van der Waals surface area contributed by atoms with Crippen molar-refractivity contribution < 1.29 is 17.9 Å². The molecule has 25 heavy (non-hydrogen) atoms. The second-order valence-electron chi connectivity index (χ2n) is 6.00. The van der Waals surface area contributed by atoms with E-state index in [-0.39, 0.29) is 6.10 Å². The zero-order chi connectivity index (χ0) is 17.3. The fourth-order valence-electron chi connectivity index (χ4n) is 2.95. The molecule has 3 heterocycles. The molecule has 0 aliphatic carbocycles. The molecule has 130 valence electrons. The van der Waals surface area contributed by atoms with E-state index in [1.54, 1.807) is 11.1 Å². The van der Waals surface area contributed by atoms with Crippen LogP contribution in [0.25, 0.3) is 5.57 Å². The smallest absolute Gasteiger partial charge is 0.278 e. The maximum absolute atomic E-state index is 11.8. The number of hydrogen-bond acceptors (Lipinski definition) is 5. The first-order chi connectivity index (χ1) is 12.1. The molecule has 1 saturated heterocycles. The second-order valence-corrected chi connectivity index (χ2v) is 7.48. The average molecular weight is 358 g/mol. The van der Waals surface area contributed by atoms with Gasteiger partial charge in [-0.1, -0.05) is 12.1 Å². The average Bonchev–Trinajstić information content (AvgIpc) is 2.62. The Morgan fingerprint density at radius 1 is 1.12 bits per heavy atom. The number of sulfonamides is 1. The molecule has 1 aromatic carbocycles. The Kier molecular flexibility index (Phi) is 4.19. The molecule has 0 radical (unpaired) electrons. The molecular formula is C18H18N2O4S. The Labute approximate surface area is 146 Å². The molecule has 0 N–H and O–H groups in total. The van der Waals surface area contributed by atoms with Crippen LogP contribution in [0.3, 0.4) is 0 Å². The third-order valence-corrected chi connectivity index (χ3v) is 5.13. The van der Waals surface area contributed by atoms with E-state index in [9.17, 15) is 8.42 Å². The molecule has 4 rings (SSSR count). The molecule has 3 aliphatic heterocycles. The number of rotatable bonds is 3. The Morgan fingerprint density at radius 3 is 2.64 bits per heavy atom. The van der Waals surface area contributed by atoms with Crippen molar-refractivity contribution >= 4 is 21.4 Å². The van der Waals surface area contributed by atoms with Gasteiger partial charge in [0.25, 0.3) is 10.0 Å². The molecule has 0 unspecified atom stereocenters. The predicted octanol–water partition coefficient (Wildman–Crippen LogP) is 2.67. The third-order valence-electron chi connectivity index (χ3n) is 4.24. The van der Waals surface area contributed by atoms with Crippen molar-refractivity contribution in [3.05, 3.63) is 59.8 Å². The van der Waals surface area contributed by atoms with E-state index < -0.39 is 10.0 Å². The molecule has 7 heteroatoms. The van der Waals surface area contributed by atoms with Crippen LogP contribution in [0, 0.1) is 0 Å². The van der Waals surface area contributed by atoms with Crippen molar-refractivity contribution in [3.63, 3.8) is 0 Å². The van der Waals surface area contributed by atoms with Crippen LogP contribution < -0.4 is 4.74 Å². The summed E-state index contributed by atoms with van der Waals surface area (Å²) >= 11 is 0. The van der Waals surface area contributed by atoms with Crippen LogP contribution >= 0.6 is 0 Å². The van der Waals surface area contributed by atoms with Gasteiger partial charge in [-0.3, -0.25) is 0 Å². The van der Waals surface area contributed by atoms with Crippen molar-refractivity contribution in [2.24, 2.45) is 4.40 Å². The molecule has 0 saturated carbocycles. The molecular weight excluding hydrogens is 340 g/mol. The Balaban J connectivity index is 1.56. The fourth-order valence-corrected chi connectivity index (χ4v) is 3.73. The molecule has 3 aliphatic rings. The quantitative estimate of drug-likeness (QED) is 0.831. The predicted molar refractivity (Wildman–Crippen MR) is 95.4 cm³/mol. The van der Waals surface area contributed by atoms with Gasteiger partial charge in [0, 0.05) is 30.8 Å². The molecule has 1 aromatic rings. The molecule has 0 aromatic heterocycles. The maximum atomic E-state index is 11.8. The number of benzene rings is 1. The summed E-state index contributed by atoms with van der Waals surface area (Å²) in [6, 6.07) is 7.65. The van der Waals surface area contributed by atoms with E-state index in [0.717, 1.165) is 48.3 Å². The first-order valence-corrected chi connectivity index (χ1v) is 9.66. The minimum atomic E-state index is -3.57. The van der Waals surface area contributed by atoms with E-state index in [2.05, 4.69) is 4.40 Å². The Bertz CT molecular complexity index is 876. The van der Waals surface area contributed by atoms with Gasteiger partial charge in [0.05, 0.1) is 18.6 Å². The summed E-state index contributed by atoms with van der Waals surface area (Å²) in [7, 11) is -3.57. The Hall–Kier alpha value is -2.38. The summed E-state index contributed by atoms with van der Waals surface area (Å²) in [6.45, 7) is 1.47. The van der Waals surface area contributed by atoms with E-state index >= 15 is 0 Å². The van der Waals surface area contributed by atoms with Gasteiger partial charge in [-0.25, -0.2) is 0 Å². The van der Waals surface area contributed by atoms with Crippen LogP contribution in [0.2, 0.25) is 0 Å². The van der Waals surface area contributed by atoms with E-state index in [4.69, 9.17) is 9.47 Å². The zero-order valence-corrected chi connectivity index (χ0v) is 14.4. The van der Waals surface area contributed by atoms with Crippen LogP contribution in [-0.2, 0) is 14.8 Å². The van der Waals surface area contributed by atoms with Crippen LogP contribution in [0.1, 0.15) is 18.4 Å². The molecule has 0 spiro atoms. The number of nitrogens with zero attached hydrogens (tertiary/aromatic N) is 2. The highest BCUT2D eigenvalue weighted by atomic mass is 32.2. The first kappa shape index (κ1) is 16.1. The lowest BCUT2D eigenvalue weighted by atomic mass is 10.0. The van der Waals surface area contributed by atoms with Gasteiger partial charge in [-0.05, 0) is 29.8 Å². The van der Waals surface area contributed by atoms with E-state index in [1.807, 2.05) is 36.4 Å². The molecule has 6 nitrogen and oxygen atoms in total. The highest BCUT2D eigenvalue weighted by Gasteiger charge is 2.23. The first-order valence-electron chi connectivity index (χ1n) is 8.16. The Morgan fingerprint density at radius 2 is 1.88 bits per heavy atom. The molecule has 0 amide bonds. The zero-order valence-electron chi connectivity index (χ0n) is 13.5. The van der Waals surface area contributed by atoms with Crippen LogP contribution in [-0.4, -0.2) is 38.5 Å². The lowest BCUT2D eigenvalue weighted by Crippen LogP contribution is -2.27. The number of hydrogen-bond donors (Lipinski definition) is 0. The van der Waals surface area contributed by atoms with Gasteiger partial charge in [0.2, 0.25) is 0 Å². The monoisotopic (exact) mass is 358 g/mol. The lowest BCUT2D eigenvalue weighted by Gasteiger charge is -2.26. The van der Waals surface area contributed by atoms with Gasteiger partial charge >= 0.3 is 0 Å². The van der Waals surface area contributed by atoms with Gasteiger partial charge in [-0.2, -0.15) is 8.42 Å². The number of fused-ring (bicyclic) bond motifs is 1. The van der Waals surface area contributed by atoms with Crippen molar-refractivity contribution in [3.8, 4) is 5.75 Å². The van der Waals surface area contributed by atoms with E-state index in [1.165, 1.54) is 6.20 Å². The number of ether oxygens (including phenoxy) is 2. The minimum Gasteiger partial charge on any atom is -0.490 e. The minimum absolute atomic E-state index is 0.185. The standard InChI is InChI=1S/C18H18N2O4S/c21-25(22)13-10-20-9-1-2-17(18(20)19-25)14-3-5-15(6-4-14)24-16-7-11-23-12-8-16/h1-6,9-10,13,16H,7-8,11-12H2.